The summed E-state index contributed by atoms with van der Waals surface area (Å²) in [4.78, 5) is 0. The van der Waals surface area contributed by atoms with Gasteiger partial charge in [0.2, 0.25) is 0 Å². The number of hydrogen-bond acceptors (Lipinski definition) is 2. The molecule has 1 unspecified atom stereocenters. The van der Waals surface area contributed by atoms with Gasteiger partial charge in [0.15, 0.2) is 0 Å². The molecule has 1 aromatic rings. The van der Waals surface area contributed by atoms with E-state index < -0.39 is 0 Å². The van der Waals surface area contributed by atoms with Crippen LogP contribution in [0.5, 0.6) is 0 Å². The molecule has 0 fully saturated rings. The lowest BCUT2D eigenvalue weighted by atomic mass is 10.2. The quantitative estimate of drug-likeness (QED) is 0.783. The van der Waals surface area contributed by atoms with Gasteiger partial charge in [-0.15, -0.1) is 0 Å². The molecule has 1 N–H and O–H groups in total. The number of aromatic nitrogens is 2. The molecule has 1 aromatic heterocycles. The average molecular weight is 195 g/mol. The molecule has 0 saturated heterocycles. The minimum Gasteiger partial charge on any atom is -0.368 e. The second-order valence-corrected chi connectivity index (χ2v) is 4.21. The Morgan fingerprint density at radius 1 is 1.43 bits per heavy atom. The lowest BCUT2D eigenvalue weighted by Crippen LogP contribution is -2.10. The van der Waals surface area contributed by atoms with Crippen LogP contribution >= 0.6 is 0 Å². The van der Waals surface area contributed by atoms with E-state index in [-0.39, 0.29) is 0 Å². The van der Waals surface area contributed by atoms with E-state index in [0.717, 1.165) is 18.8 Å². The SMILES string of the molecule is CCC(C)n1ccc(NCC(C)C)n1. The fraction of sp³-hybridized carbons (Fsp3) is 0.727. The summed E-state index contributed by atoms with van der Waals surface area (Å²) in [5, 5.41) is 7.77. The van der Waals surface area contributed by atoms with E-state index in [0.29, 0.717) is 12.0 Å². The highest BCUT2D eigenvalue weighted by Crippen LogP contribution is 2.11. The van der Waals surface area contributed by atoms with Crippen LogP contribution in [0.4, 0.5) is 5.82 Å². The summed E-state index contributed by atoms with van der Waals surface area (Å²) in [5.74, 6) is 1.64. The molecule has 0 aliphatic heterocycles. The van der Waals surface area contributed by atoms with Crippen LogP contribution in [-0.4, -0.2) is 16.3 Å². The van der Waals surface area contributed by atoms with Crippen molar-refractivity contribution in [2.24, 2.45) is 5.92 Å². The van der Waals surface area contributed by atoms with Crippen molar-refractivity contribution in [3.63, 3.8) is 0 Å². The minimum absolute atomic E-state index is 0.490. The standard InChI is InChI=1S/C11H21N3/c1-5-10(4)14-7-6-11(13-14)12-8-9(2)3/h6-7,9-10H,5,8H2,1-4H3,(H,12,13). The Morgan fingerprint density at radius 3 is 2.71 bits per heavy atom. The Balaban J connectivity index is 2.50. The third kappa shape index (κ3) is 3.05. The highest BCUT2D eigenvalue weighted by Gasteiger charge is 2.04. The summed E-state index contributed by atoms with van der Waals surface area (Å²) < 4.78 is 2.02. The van der Waals surface area contributed by atoms with Gasteiger partial charge in [-0.25, -0.2) is 0 Å². The molecule has 0 saturated carbocycles. The first kappa shape index (κ1) is 11.1. The summed E-state index contributed by atoms with van der Waals surface area (Å²) in [6.45, 7) is 9.72. The highest BCUT2D eigenvalue weighted by molar-refractivity contribution is 5.32. The first-order chi connectivity index (χ1) is 6.63. The van der Waals surface area contributed by atoms with E-state index in [2.05, 4.69) is 38.1 Å². The fourth-order valence-electron chi connectivity index (χ4n) is 1.17. The van der Waals surface area contributed by atoms with Crippen LogP contribution in [0.2, 0.25) is 0 Å². The van der Waals surface area contributed by atoms with Crippen molar-refractivity contribution < 1.29 is 0 Å². The van der Waals surface area contributed by atoms with Crippen LogP contribution < -0.4 is 5.32 Å². The highest BCUT2D eigenvalue weighted by atomic mass is 15.3. The van der Waals surface area contributed by atoms with Crippen molar-refractivity contribution in [3.8, 4) is 0 Å². The van der Waals surface area contributed by atoms with Crippen LogP contribution in [0.1, 0.15) is 40.2 Å². The van der Waals surface area contributed by atoms with Crippen LogP contribution in [0, 0.1) is 5.92 Å². The molecule has 1 heterocycles. The zero-order chi connectivity index (χ0) is 10.6. The smallest absolute Gasteiger partial charge is 0.148 e. The van der Waals surface area contributed by atoms with Crippen molar-refractivity contribution in [1.29, 1.82) is 0 Å². The maximum absolute atomic E-state index is 4.46. The average Bonchev–Trinajstić information content (AvgIpc) is 2.62. The van der Waals surface area contributed by atoms with E-state index in [1.54, 1.807) is 0 Å². The van der Waals surface area contributed by atoms with E-state index in [1.165, 1.54) is 0 Å². The van der Waals surface area contributed by atoms with E-state index >= 15 is 0 Å². The van der Waals surface area contributed by atoms with Crippen LogP contribution in [0.3, 0.4) is 0 Å². The number of nitrogens with zero attached hydrogens (tertiary/aromatic N) is 2. The van der Waals surface area contributed by atoms with Gasteiger partial charge in [0, 0.05) is 24.8 Å². The third-order valence-electron chi connectivity index (χ3n) is 2.34. The number of nitrogens with one attached hydrogen (secondary N) is 1. The molecule has 14 heavy (non-hydrogen) atoms. The van der Waals surface area contributed by atoms with Gasteiger partial charge in [-0.05, 0) is 19.3 Å². The molecule has 0 aliphatic rings. The first-order valence-electron chi connectivity index (χ1n) is 5.42. The van der Waals surface area contributed by atoms with Gasteiger partial charge in [-0.3, -0.25) is 4.68 Å². The lowest BCUT2D eigenvalue weighted by Gasteiger charge is -2.09. The Bertz CT molecular complexity index is 265. The minimum atomic E-state index is 0.490. The van der Waals surface area contributed by atoms with Gasteiger partial charge in [0.25, 0.3) is 0 Å². The van der Waals surface area contributed by atoms with E-state index in [1.807, 2.05) is 16.9 Å². The molecule has 0 aliphatic carbocycles. The van der Waals surface area contributed by atoms with Gasteiger partial charge >= 0.3 is 0 Å². The fourth-order valence-corrected chi connectivity index (χ4v) is 1.17. The predicted octanol–water partition coefficient (Wildman–Crippen LogP) is 2.92. The number of anilines is 1. The molecule has 3 nitrogen and oxygen atoms in total. The van der Waals surface area contributed by atoms with Gasteiger partial charge in [0.05, 0.1) is 0 Å². The maximum Gasteiger partial charge on any atom is 0.148 e. The topological polar surface area (TPSA) is 29.9 Å². The van der Waals surface area contributed by atoms with Crippen molar-refractivity contribution in [3.05, 3.63) is 12.3 Å². The Kier molecular flexibility index (Phi) is 3.98. The molecule has 0 aromatic carbocycles. The Morgan fingerprint density at radius 2 is 2.14 bits per heavy atom. The normalized spacial score (nSPS) is 13.2. The Labute approximate surface area is 86.5 Å². The second kappa shape index (κ2) is 5.03. The third-order valence-corrected chi connectivity index (χ3v) is 2.34. The molecular formula is C11H21N3. The lowest BCUT2D eigenvalue weighted by molar-refractivity contribution is 0.478. The summed E-state index contributed by atoms with van der Waals surface area (Å²) in [5.41, 5.74) is 0. The zero-order valence-corrected chi connectivity index (χ0v) is 9.62. The summed E-state index contributed by atoms with van der Waals surface area (Å²) in [7, 11) is 0. The molecule has 1 rings (SSSR count). The van der Waals surface area contributed by atoms with Gasteiger partial charge in [-0.1, -0.05) is 20.8 Å². The summed E-state index contributed by atoms with van der Waals surface area (Å²) >= 11 is 0. The monoisotopic (exact) mass is 195 g/mol. The van der Waals surface area contributed by atoms with Crippen molar-refractivity contribution in [2.75, 3.05) is 11.9 Å². The maximum atomic E-state index is 4.46. The first-order valence-corrected chi connectivity index (χ1v) is 5.42. The van der Waals surface area contributed by atoms with E-state index in [4.69, 9.17) is 0 Å². The largest absolute Gasteiger partial charge is 0.368 e. The number of rotatable bonds is 5. The van der Waals surface area contributed by atoms with Crippen molar-refractivity contribution >= 4 is 5.82 Å². The molecule has 1 atom stereocenters. The molecular weight excluding hydrogens is 174 g/mol. The molecule has 0 amide bonds. The summed E-state index contributed by atoms with van der Waals surface area (Å²) in [6.07, 6.45) is 3.15. The van der Waals surface area contributed by atoms with E-state index in [9.17, 15) is 0 Å². The predicted molar refractivity (Wildman–Crippen MR) is 60.6 cm³/mol. The number of hydrogen-bond donors (Lipinski definition) is 1. The second-order valence-electron chi connectivity index (χ2n) is 4.21. The summed E-state index contributed by atoms with van der Waals surface area (Å²) in [6, 6.07) is 2.53. The van der Waals surface area contributed by atoms with Gasteiger partial charge < -0.3 is 5.32 Å². The molecule has 0 spiro atoms. The van der Waals surface area contributed by atoms with Crippen LogP contribution in [0.15, 0.2) is 12.3 Å². The Hall–Kier alpha value is -0.990. The zero-order valence-electron chi connectivity index (χ0n) is 9.62. The van der Waals surface area contributed by atoms with Crippen LogP contribution in [-0.2, 0) is 0 Å². The van der Waals surface area contributed by atoms with Crippen LogP contribution in [0.25, 0.3) is 0 Å². The van der Waals surface area contributed by atoms with Crippen molar-refractivity contribution in [1.82, 2.24) is 9.78 Å². The van der Waals surface area contributed by atoms with Gasteiger partial charge in [0.1, 0.15) is 5.82 Å². The molecule has 0 bridgehead atoms. The van der Waals surface area contributed by atoms with Gasteiger partial charge in [-0.2, -0.15) is 5.10 Å². The van der Waals surface area contributed by atoms with Crippen molar-refractivity contribution in [2.45, 2.75) is 40.2 Å². The molecule has 0 radical (unpaired) electrons. The molecule has 80 valence electrons. The molecule has 3 heteroatoms.